The highest BCUT2D eigenvalue weighted by atomic mass is 16.5. The highest BCUT2D eigenvalue weighted by molar-refractivity contribution is 4.83. The molecular formula is C13H28N2O2. The fourth-order valence-electron chi connectivity index (χ4n) is 2.89. The number of methoxy groups -OCH3 is 2. The topological polar surface area (TPSA) is 47.7 Å². The zero-order valence-electron chi connectivity index (χ0n) is 11.5. The standard InChI is InChI=1S/C13H28N2O2/c1-11(9-16-2)13(7-14)15-6-4-5-12(8-15)10-17-3/h11-13H,4-10,14H2,1-3H3. The molecule has 0 spiro atoms. The zero-order valence-corrected chi connectivity index (χ0v) is 11.5. The summed E-state index contributed by atoms with van der Waals surface area (Å²) in [6.07, 6.45) is 2.53. The van der Waals surface area contributed by atoms with Gasteiger partial charge in [-0.1, -0.05) is 6.92 Å². The Kier molecular flexibility index (Phi) is 7.04. The van der Waals surface area contributed by atoms with Gasteiger partial charge in [-0.15, -0.1) is 0 Å². The van der Waals surface area contributed by atoms with E-state index in [4.69, 9.17) is 15.2 Å². The summed E-state index contributed by atoms with van der Waals surface area (Å²) >= 11 is 0. The lowest BCUT2D eigenvalue weighted by molar-refractivity contribution is 0.0357. The summed E-state index contributed by atoms with van der Waals surface area (Å²) in [5, 5.41) is 0. The Morgan fingerprint density at radius 2 is 2.12 bits per heavy atom. The van der Waals surface area contributed by atoms with Gasteiger partial charge in [-0.05, 0) is 31.2 Å². The molecule has 1 saturated heterocycles. The molecule has 3 atom stereocenters. The second kappa shape index (κ2) is 8.03. The summed E-state index contributed by atoms with van der Waals surface area (Å²) in [6, 6.07) is 0.439. The summed E-state index contributed by atoms with van der Waals surface area (Å²) in [6.45, 7) is 6.87. The average Bonchev–Trinajstić information content (AvgIpc) is 2.31. The lowest BCUT2D eigenvalue weighted by Crippen LogP contribution is -2.50. The van der Waals surface area contributed by atoms with Crippen LogP contribution in [0.3, 0.4) is 0 Å². The normalized spacial score (nSPS) is 25.8. The highest BCUT2D eigenvalue weighted by Gasteiger charge is 2.28. The van der Waals surface area contributed by atoms with E-state index in [0.717, 1.165) is 26.3 Å². The smallest absolute Gasteiger partial charge is 0.0503 e. The lowest BCUT2D eigenvalue weighted by Gasteiger charge is -2.40. The Hall–Kier alpha value is -0.160. The molecule has 3 unspecified atom stereocenters. The van der Waals surface area contributed by atoms with Gasteiger partial charge in [0.15, 0.2) is 0 Å². The fraction of sp³-hybridized carbons (Fsp3) is 1.00. The molecule has 0 amide bonds. The molecule has 1 heterocycles. The van der Waals surface area contributed by atoms with Gasteiger partial charge < -0.3 is 15.2 Å². The molecule has 17 heavy (non-hydrogen) atoms. The molecule has 0 aliphatic carbocycles. The molecule has 102 valence electrons. The summed E-state index contributed by atoms with van der Waals surface area (Å²) in [5.41, 5.74) is 5.93. The van der Waals surface area contributed by atoms with E-state index in [1.165, 1.54) is 12.8 Å². The van der Waals surface area contributed by atoms with Crippen molar-refractivity contribution in [3.05, 3.63) is 0 Å². The van der Waals surface area contributed by atoms with Gasteiger partial charge in [-0.25, -0.2) is 0 Å². The molecule has 4 nitrogen and oxygen atoms in total. The van der Waals surface area contributed by atoms with E-state index in [9.17, 15) is 0 Å². The van der Waals surface area contributed by atoms with Gasteiger partial charge >= 0.3 is 0 Å². The van der Waals surface area contributed by atoms with Crippen LogP contribution in [0.2, 0.25) is 0 Å². The molecule has 1 aliphatic rings. The van der Waals surface area contributed by atoms with E-state index in [1.807, 2.05) is 0 Å². The first-order valence-electron chi connectivity index (χ1n) is 6.64. The summed E-state index contributed by atoms with van der Waals surface area (Å²) < 4.78 is 10.5. The number of hydrogen-bond donors (Lipinski definition) is 1. The van der Waals surface area contributed by atoms with Crippen LogP contribution >= 0.6 is 0 Å². The van der Waals surface area contributed by atoms with Gasteiger partial charge in [0.2, 0.25) is 0 Å². The van der Waals surface area contributed by atoms with Crippen LogP contribution in [-0.4, -0.2) is 58.0 Å². The lowest BCUT2D eigenvalue weighted by atomic mass is 9.93. The maximum atomic E-state index is 5.93. The maximum Gasteiger partial charge on any atom is 0.0503 e. The molecule has 0 aromatic carbocycles. The van der Waals surface area contributed by atoms with Crippen LogP contribution in [0.4, 0.5) is 0 Å². The first-order chi connectivity index (χ1) is 8.22. The number of nitrogens with zero attached hydrogens (tertiary/aromatic N) is 1. The van der Waals surface area contributed by atoms with Gasteiger partial charge in [0.1, 0.15) is 0 Å². The van der Waals surface area contributed by atoms with E-state index >= 15 is 0 Å². The molecule has 0 aromatic rings. The summed E-state index contributed by atoms with van der Waals surface area (Å²) in [5.74, 6) is 1.16. The van der Waals surface area contributed by atoms with Gasteiger partial charge in [0.25, 0.3) is 0 Å². The predicted molar refractivity (Wildman–Crippen MR) is 70.1 cm³/mol. The minimum atomic E-state index is 0.439. The van der Waals surface area contributed by atoms with Gasteiger partial charge in [0.05, 0.1) is 13.2 Å². The predicted octanol–water partition coefficient (Wildman–Crippen LogP) is 0.955. The third-order valence-electron chi connectivity index (χ3n) is 3.75. The molecule has 0 saturated carbocycles. The first-order valence-corrected chi connectivity index (χ1v) is 6.64. The zero-order chi connectivity index (χ0) is 12.7. The largest absolute Gasteiger partial charge is 0.384 e. The van der Waals surface area contributed by atoms with Gasteiger partial charge in [-0.2, -0.15) is 0 Å². The molecule has 0 radical (unpaired) electrons. The van der Waals surface area contributed by atoms with Crippen molar-refractivity contribution < 1.29 is 9.47 Å². The van der Waals surface area contributed by atoms with Crippen molar-refractivity contribution in [2.24, 2.45) is 17.6 Å². The van der Waals surface area contributed by atoms with Crippen LogP contribution in [0.15, 0.2) is 0 Å². The van der Waals surface area contributed by atoms with E-state index < -0.39 is 0 Å². The third kappa shape index (κ3) is 4.54. The number of likely N-dealkylation sites (tertiary alicyclic amines) is 1. The third-order valence-corrected chi connectivity index (χ3v) is 3.75. The monoisotopic (exact) mass is 244 g/mol. The molecule has 0 aromatic heterocycles. The van der Waals surface area contributed by atoms with Crippen molar-refractivity contribution in [2.45, 2.75) is 25.8 Å². The number of hydrogen-bond acceptors (Lipinski definition) is 4. The average molecular weight is 244 g/mol. The number of piperidine rings is 1. The van der Waals surface area contributed by atoms with E-state index in [1.54, 1.807) is 14.2 Å². The Balaban J connectivity index is 2.49. The molecule has 1 rings (SSSR count). The minimum absolute atomic E-state index is 0.439. The van der Waals surface area contributed by atoms with Crippen molar-refractivity contribution in [1.82, 2.24) is 4.90 Å². The minimum Gasteiger partial charge on any atom is -0.384 e. The molecule has 1 aliphatic heterocycles. The number of nitrogens with two attached hydrogens (primary N) is 1. The first kappa shape index (κ1) is 14.9. The highest BCUT2D eigenvalue weighted by Crippen LogP contribution is 2.21. The van der Waals surface area contributed by atoms with Crippen molar-refractivity contribution >= 4 is 0 Å². The van der Waals surface area contributed by atoms with Gasteiger partial charge in [-0.3, -0.25) is 4.90 Å². The van der Waals surface area contributed by atoms with Gasteiger partial charge in [0, 0.05) is 33.4 Å². The maximum absolute atomic E-state index is 5.93. The summed E-state index contributed by atoms with van der Waals surface area (Å²) in [7, 11) is 3.54. The Morgan fingerprint density at radius 3 is 2.71 bits per heavy atom. The quantitative estimate of drug-likeness (QED) is 0.724. The molecule has 0 bridgehead atoms. The van der Waals surface area contributed by atoms with Crippen LogP contribution < -0.4 is 5.73 Å². The molecular weight excluding hydrogens is 216 g/mol. The van der Waals surface area contributed by atoms with Crippen LogP contribution in [0.5, 0.6) is 0 Å². The molecule has 2 N–H and O–H groups in total. The second-order valence-electron chi connectivity index (χ2n) is 5.19. The number of ether oxygens (including phenoxy) is 2. The Bertz CT molecular complexity index is 200. The van der Waals surface area contributed by atoms with Crippen LogP contribution in [0, 0.1) is 11.8 Å². The van der Waals surface area contributed by atoms with Crippen molar-refractivity contribution in [3.63, 3.8) is 0 Å². The van der Waals surface area contributed by atoms with Crippen LogP contribution in [0.1, 0.15) is 19.8 Å². The molecule has 1 fully saturated rings. The van der Waals surface area contributed by atoms with Crippen molar-refractivity contribution in [1.29, 1.82) is 0 Å². The Morgan fingerprint density at radius 1 is 1.35 bits per heavy atom. The van der Waals surface area contributed by atoms with E-state index in [-0.39, 0.29) is 0 Å². The summed E-state index contributed by atoms with van der Waals surface area (Å²) in [4.78, 5) is 2.52. The SMILES string of the molecule is COCC1CCCN(C(CN)C(C)COC)C1. The fourth-order valence-corrected chi connectivity index (χ4v) is 2.89. The second-order valence-corrected chi connectivity index (χ2v) is 5.19. The number of rotatable bonds is 7. The van der Waals surface area contributed by atoms with Crippen LogP contribution in [0.25, 0.3) is 0 Å². The van der Waals surface area contributed by atoms with Crippen molar-refractivity contribution in [3.8, 4) is 0 Å². The van der Waals surface area contributed by atoms with E-state index in [0.29, 0.717) is 24.4 Å². The Labute approximate surface area is 105 Å². The van der Waals surface area contributed by atoms with Crippen molar-refractivity contribution in [2.75, 3.05) is 47.1 Å². The molecule has 4 heteroatoms. The van der Waals surface area contributed by atoms with Crippen LogP contribution in [-0.2, 0) is 9.47 Å². The van der Waals surface area contributed by atoms with E-state index in [2.05, 4.69) is 11.8 Å².